The molecule has 35 heavy (non-hydrogen) atoms. The Morgan fingerprint density at radius 3 is 2.26 bits per heavy atom. The van der Waals surface area contributed by atoms with Crippen molar-refractivity contribution in [2.75, 3.05) is 23.5 Å². The quantitative estimate of drug-likeness (QED) is 0.158. The molecule has 0 aliphatic carbocycles. The summed E-state index contributed by atoms with van der Waals surface area (Å²) in [5.74, 6) is -2.40. The van der Waals surface area contributed by atoms with Gasteiger partial charge in [-0.3, -0.25) is 14.4 Å². The van der Waals surface area contributed by atoms with E-state index in [2.05, 4.69) is 46.2 Å². The van der Waals surface area contributed by atoms with Crippen molar-refractivity contribution in [3.8, 4) is 0 Å². The molecule has 0 bridgehead atoms. The van der Waals surface area contributed by atoms with Gasteiger partial charge in [0.2, 0.25) is 17.7 Å². The number of aliphatic carboxylic acids is 1. The zero-order chi connectivity index (χ0) is 26.0. The predicted octanol–water partition coefficient (Wildman–Crippen LogP) is 0.189. The van der Waals surface area contributed by atoms with Crippen molar-refractivity contribution in [3.63, 3.8) is 0 Å². The van der Waals surface area contributed by atoms with E-state index in [0.29, 0.717) is 12.2 Å². The second kappa shape index (κ2) is 14.3. The van der Waals surface area contributed by atoms with Crippen LogP contribution in [0.25, 0.3) is 10.9 Å². The van der Waals surface area contributed by atoms with Gasteiger partial charge in [0.05, 0.1) is 6.04 Å². The topological polar surface area (TPSA) is 166 Å². The zero-order valence-corrected chi connectivity index (χ0v) is 21.8. The third kappa shape index (κ3) is 8.37. The molecule has 4 unspecified atom stereocenters. The lowest BCUT2D eigenvalue weighted by Crippen LogP contribution is -2.58. The van der Waals surface area contributed by atoms with Crippen LogP contribution in [-0.4, -0.2) is 81.5 Å². The Bertz CT molecular complexity index is 1030. The molecule has 7 N–H and O–H groups in total. The second-order valence-electron chi connectivity index (χ2n) is 7.84. The van der Waals surface area contributed by atoms with Crippen molar-refractivity contribution in [1.82, 2.24) is 20.9 Å². The Morgan fingerprint density at radius 1 is 1.00 bits per heavy atom. The Hall–Kier alpha value is -2.35. The smallest absolute Gasteiger partial charge is 0.326 e. The van der Waals surface area contributed by atoms with Crippen LogP contribution in [0.4, 0.5) is 0 Å². The maximum absolute atomic E-state index is 12.9. The molecule has 2 aromatic rings. The van der Waals surface area contributed by atoms with Crippen LogP contribution in [0, 0.1) is 0 Å². The molecule has 0 aliphatic rings. The van der Waals surface area contributed by atoms with E-state index in [-0.39, 0.29) is 17.9 Å². The fraction of sp³-hybridized carbons (Fsp3) is 0.455. The molecule has 0 radical (unpaired) electrons. The fourth-order valence-electron chi connectivity index (χ4n) is 3.33. The standard InChI is InChI=1S/C22H31N5O5S3/c1-35-7-6-16(25-19(28)14(23)10-33)20(29)27-18(11-34)21(30)26-17(22(31)32)8-12-9-24-15-5-3-2-4-13(12)15/h2-5,9,14,16-18,24,33-34H,6-8,10-11,23H2,1H3,(H,25,28)(H,26,30)(H,27,29)(H,31,32). The highest BCUT2D eigenvalue weighted by molar-refractivity contribution is 7.98. The summed E-state index contributed by atoms with van der Waals surface area (Å²) in [6.45, 7) is 0. The number of thioether (sulfide) groups is 1. The maximum atomic E-state index is 12.9. The molecule has 0 saturated carbocycles. The van der Waals surface area contributed by atoms with E-state index in [0.717, 1.165) is 16.5 Å². The van der Waals surface area contributed by atoms with Gasteiger partial charge in [0.15, 0.2) is 0 Å². The second-order valence-corrected chi connectivity index (χ2v) is 9.55. The third-order valence-electron chi connectivity index (χ3n) is 5.31. The largest absolute Gasteiger partial charge is 0.480 e. The number of carboxylic acids is 1. The molecule has 0 fully saturated rings. The lowest BCUT2D eigenvalue weighted by atomic mass is 10.0. The molecule has 3 amide bonds. The SMILES string of the molecule is CSCCC(NC(=O)C(N)CS)C(=O)NC(CS)C(=O)NC(Cc1c[nH]c2ccccc12)C(=O)O. The lowest BCUT2D eigenvalue weighted by molar-refractivity contribution is -0.142. The van der Waals surface area contributed by atoms with Crippen LogP contribution in [0.15, 0.2) is 30.5 Å². The molecule has 1 aromatic carbocycles. The fourth-order valence-corrected chi connectivity index (χ4v) is 4.22. The summed E-state index contributed by atoms with van der Waals surface area (Å²) in [7, 11) is 0. The number of nitrogens with two attached hydrogens (primary N) is 1. The van der Waals surface area contributed by atoms with E-state index >= 15 is 0 Å². The van der Waals surface area contributed by atoms with Gasteiger partial charge in [-0.05, 0) is 30.1 Å². The summed E-state index contributed by atoms with van der Waals surface area (Å²) >= 11 is 9.64. The molecule has 0 spiro atoms. The van der Waals surface area contributed by atoms with Gasteiger partial charge >= 0.3 is 5.97 Å². The minimum absolute atomic E-state index is 0.0480. The minimum Gasteiger partial charge on any atom is -0.480 e. The Kier molecular flexibility index (Phi) is 11.8. The van der Waals surface area contributed by atoms with Crippen molar-refractivity contribution in [2.24, 2.45) is 5.73 Å². The van der Waals surface area contributed by atoms with Gasteiger partial charge in [0.1, 0.15) is 18.1 Å². The number of hydrogen-bond acceptors (Lipinski definition) is 8. The van der Waals surface area contributed by atoms with E-state index in [1.54, 1.807) is 6.20 Å². The van der Waals surface area contributed by atoms with Crippen molar-refractivity contribution in [3.05, 3.63) is 36.0 Å². The number of amides is 3. The number of benzene rings is 1. The van der Waals surface area contributed by atoms with E-state index in [1.807, 2.05) is 30.5 Å². The number of para-hydroxylation sites is 1. The van der Waals surface area contributed by atoms with Gasteiger partial charge in [0, 0.05) is 35.0 Å². The Labute approximate surface area is 218 Å². The molecule has 0 saturated heterocycles. The maximum Gasteiger partial charge on any atom is 0.326 e. The average Bonchev–Trinajstić information content (AvgIpc) is 3.26. The molecule has 1 aromatic heterocycles. The van der Waals surface area contributed by atoms with Crippen LogP contribution >= 0.6 is 37.0 Å². The number of carbonyl (C=O) groups excluding carboxylic acids is 3. The average molecular weight is 542 g/mol. The summed E-state index contributed by atoms with van der Waals surface area (Å²) in [6.07, 6.45) is 3.93. The van der Waals surface area contributed by atoms with E-state index < -0.39 is 47.9 Å². The Morgan fingerprint density at radius 2 is 1.63 bits per heavy atom. The van der Waals surface area contributed by atoms with Crippen molar-refractivity contribution in [1.29, 1.82) is 0 Å². The van der Waals surface area contributed by atoms with Crippen molar-refractivity contribution in [2.45, 2.75) is 37.0 Å². The Balaban J connectivity index is 2.08. The van der Waals surface area contributed by atoms with Gasteiger partial charge in [-0.2, -0.15) is 37.0 Å². The summed E-state index contributed by atoms with van der Waals surface area (Å²) in [5, 5.41) is 18.2. The number of H-pyrrole nitrogens is 1. The minimum atomic E-state index is -1.22. The van der Waals surface area contributed by atoms with E-state index in [4.69, 9.17) is 5.73 Å². The third-order valence-corrected chi connectivity index (χ3v) is 6.71. The van der Waals surface area contributed by atoms with Gasteiger partial charge < -0.3 is 31.8 Å². The molecule has 1 heterocycles. The first-order chi connectivity index (χ1) is 16.7. The van der Waals surface area contributed by atoms with Gasteiger partial charge in [0.25, 0.3) is 0 Å². The normalized spacial score (nSPS) is 14.5. The number of fused-ring (bicyclic) bond motifs is 1. The van der Waals surface area contributed by atoms with Gasteiger partial charge in [-0.15, -0.1) is 0 Å². The molecule has 13 heteroatoms. The zero-order valence-electron chi connectivity index (χ0n) is 19.2. The van der Waals surface area contributed by atoms with Crippen molar-refractivity contribution < 1.29 is 24.3 Å². The summed E-state index contributed by atoms with van der Waals surface area (Å²) in [5.41, 5.74) is 7.28. The highest BCUT2D eigenvalue weighted by Gasteiger charge is 2.30. The highest BCUT2D eigenvalue weighted by atomic mass is 32.2. The highest BCUT2D eigenvalue weighted by Crippen LogP contribution is 2.19. The summed E-state index contributed by atoms with van der Waals surface area (Å²) in [6, 6.07) is 3.31. The lowest BCUT2D eigenvalue weighted by Gasteiger charge is -2.24. The first-order valence-corrected chi connectivity index (χ1v) is 13.5. The van der Waals surface area contributed by atoms with Crippen LogP contribution in [0.3, 0.4) is 0 Å². The van der Waals surface area contributed by atoms with E-state index in [1.165, 1.54) is 11.8 Å². The van der Waals surface area contributed by atoms with Crippen LogP contribution in [0.2, 0.25) is 0 Å². The molecular weight excluding hydrogens is 510 g/mol. The van der Waals surface area contributed by atoms with Crippen LogP contribution < -0.4 is 21.7 Å². The predicted molar refractivity (Wildman–Crippen MR) is 144 cm³/mol. The molecule has 10 nitrogen and oxygen atoms in total. The number of rotatable bonds is 14. The number of hydrogen-bond donors (Lipinski definition) is 8. The number of aromatic amines is 1. The summed E-state index contributed by atoms with van der Waals surface area (Å²) in [4.78, 5) is 52.8. The number of carbonyl (C=O) groups is 4. The molecule has 0 aliphatic heterocycles. The number of aromatic nitrogens is 1. The van der Waals surface area contributed by atoms with Crippen molar-refractivity contribution >= 4 is 71.6 Å². The molecule has 2 rings (SSSR count). The van der Waals surface area contributed by atoms with Gasteiger partial charge in [-0.25, -0.2) is 4.79 Å². The number of thiol groups is 2. The van der Waals surface area contributed by atoms with Crippen LogP contribution in [0.1, 0.15) is 12.0 Å². The first kappa shape index (κ1) is 28.9. The summed E-state index contributed by atoms with van der Waals surface area (Å²) < 4.78 is 0. The molecular formula is C22H31N5O5S3. The monoisotopic (exact) mass is 541 g/mol. The van der Waals surface area contributed by atoms with Crippen LogP contribution in [0.5, 0.6) is 0 Å². The molecule has 4 atom stereocenters. The van der Waals surface area contributed by atoms with Gasteiger partial charge in [-0.1, -0.05) is 18.2 Å². The van der Waals surface area contributed by atoms with E-state index in [9.17, 15) is 24.3 Å². The molecule has 192 valence electrons. The first-order valence-electron chi connectivity index (χ1n) is 10.9. The number of nitrogens with one attached hydrogen (secondary N) is 4. The number of carboxylic acid groups (broad SMARTS) is 1. The van der Waals surface area contributed by atoms with Crippen LogP contribution in [-0.2, 0) is 25.6 Å².